The van der Waals surface area contributed by atoms with Gasteiger partial charge in [-0.2, -0.15) is 0 Å². The second-order valence-corrected chi connectivity index (χ2v) is 12.2. The Labute approximate surface area is 212 Å². The van der Waals surface area contributed by atoms with Crippen molar-refractivity contribution in [1.82, 2.24) is 0 Å². The maximum atomic E-state index is 11.7. The maximum absolute atomic E-state index is 11.7. The van der Waals surface area contributed by atoms with E-state index < -0.39 is 7.82 Å². The summed E-state index contributed by atoms with van der Waals surface area (Å²) in [4.78, 5) is 11.7. The highest BCUT2D eigenvalue weighted by Gasteiger charge is 2.11. The predicted octanol–water partition coefficient (Wildman–Crippen LogP) is 8.18. The van der Waals surface area contributed by atoms with Gasteiger partial charge >= 0.3 is 0 Å². The first-order valence-corrected chi connectivity index (χ1v) is 15.8. The zero-order valence-electron chi connectivity index (χ0n) is 23.2. The van der Waals surface area contributed by atoms with Crippen LogP contribution in [0.25, 0.3) is 0 Å². The minimum atomic E-state index is -4.13. The van der Waals surface area contributed by atoms with Gasteiger partial charge in [0.2, 0.25) is 0 Å². The van der Waals surface area contributed by atoms with Gasteiger partial charge < -0.3 is 18.4 Å². The van der Waals surface area contributed by atoms with Crippen molar-refractivity contribution in [3.63, 3.8) is 0 Å². The maximum Gasteiger partial charge on any atom is 0.267 e. The van der Waals surface area contributed by atoms with Crippen LogP contribution >= 0.6 is 7.82 Å². The number of phosphoric acid groups is 1. The van der Waals surface area contributed by atoms with Crippen molar-refractivity contribution in [3.05, 3.63) is 12.2 Å². The van der Waals surface area contributed by atoms with E-state index in [0.29, 0.717) is 6.42 Å². The van der Waals surface area contributed by atoms with Crippen molar-refractivity contribution in [2.45, 2.75) is 129 Å². The lowest BCUT2D eigenvalue weighted by molar-refractivity contribution is -0.870. The van der Waals surface area contributed by atoms with Crippen molar-refractivity contribution in [1.29, 1.82) is 0 Å². The second-order valence-electron chi connectivity index (χ2n) is 10.8. The summed E-state index contributed by atoms with van der Waals surface area (Å²) in [5.74, 6) is 0. The standard InChI is InChI=1S/C28H58NO4P/c1-5-6-7-8-9-10-11-12-13-14-15-16-17-18-19-20-21-22-23-24-27-32-34(30,31)33-28-25-26-29(2,3)4/h12-13H,5-11,14-28H2,1-4H3/b13-12+. The van der Waals surface area contributed by atoms with Crippen LogP contribution in [0.4, 0.5) is 0 Å². The van der Waals surface area contributed by atoms with Gasteiger partial charge in [0.1, 0.15) is 0 Å². The molecule has 0 spiro atoms. The number of quaternary nitrogens is 1. The molecule has 0 rings (SSSR count). The molecule has 0 aliphatic rings. The van der Waals surface area contributed by atoms with E-state index in [9.17, 15) is 9.46 Å². The predicted molar refractivity (Wildman–Crippen MR) is 145 cm³/mol. The Morgan fingerprint density at radius 3 is 1.44 bits per heavy atom. The molecule has 0 bridgehead atoms. The molecule has 0 saturated carbocycles. The molecule has 0 heterocycles. The van der Waals surface area contributed by atoms with E-state index in [1.165, 1.54) is 96.3 Å². The molecule has 1 unspecified atom stereocenters. The van der Waals surface area contributed by atoms with E-state index in [4.69, 9.17) is 9.05 Å². The molecular weight excluding hydrogens is 445 g/mol. The van der Waals surface area contributed by atoms with E-state index in [-0.39, 0.29) is 13.2 Å². The van der Waals surface area contributed by atoms with Gasteiger partial charge in [0.05, 0.1) is 40.9 Å². The van der Waals surface area contributed by atoms with Gasteiger partial charge in [0, 0.05) is 6.42 Å². The summed E-state index contributed by atoms with van der Waals surface area (Å²) in [5.41, 5.74) is 0. The van der Waals surface area contributed by atoms with E-state index in [2.05, 4.69) is 40.2 Å². The highest BCUT2D eigenvalue weighted by molar-refractivity contribution is 7.45. The number of hydrogen-bond acceptors (Lipinski definition) is 4. The summed E-state index contributed by atoms with van der Waals surface area (Å²) in [5, 5.41) is 0. The highest BCUT2D eigenvalue weighted by Crippen LogP contribution is 2.38. The van der Waals surface area contributed by atoms with Crippen LogP contribution in [0.5, 0.6) is 0 Å². The second kappa shape index (κ2) is 23.2. The number of nitrogens with zero attached hydrogens (tertiary/aromatic N) is 1. The first kappa shape index (κ1) is 33.8. The molecular formula is C28H58NO4P. The van der Waals surface area contributed by atoms with Gasteiger partial charge in [-0.1, -0.05) is 103 Å². The summed E-state index contributed by atoms with van der Waals surface area (Å²) in [6.45, 7) is 3.58. The molecule has 0 aliphatic carbocycles. The fourth-order valence-electron chi connectivity index (χ4n) is 3.99. The van der Waals surface area contributed by atoms with Crippen LogP contribution in [0.15, 0.2) is 12.2 Å². The normalized spacial score (nSPS) is 14.1. The van der Waals surface area contributed by atoms with E-state index >= 15 is 0 Å². The SMILES string of the molecule is CCCCCCCC/C=C/CCCCCCCCCCCCOP(=O)([O-])OCCC[N+](C)(C)C. The van der Waals surface area contributed by atoms with Gasteiger partial charge in [-0.05, 0) is 32.1 Å². The van der Waals surface area contributed by atoms with Crippen molar-refractivity contribution in [2.24, 2.45) is 0 Å². The monoisotopic (exact) mass is 503 g/mol. The van der Waals surface area contributed by atoms with Crippen molar-refractivity contribution >= 4 is 7.82 Å². The molecule has 1 atom stereocenters. The van der Waals surface area contributed by atoms with Crippen LogP contribution in [0.1, 0.15) is 129 Å². The number of rotatable bonds is 26. The summed E-state index contributed by atoms with van der Waals surface area (Å²) in [6.07, 6.45) is 28.5. The summed E-state index contributed by atoms with van der Waals surface area (Å²) >= 11 is 0. The Bertz CT molecular complexity index is 505. The van der Waals surface area contributed by atoms with E-state index in [1.807, 2.05) is 0 Å². The Hall–Kier alpha value is -0.190. The van der Waals surface area contributed by atoms with Gasteiger partial charge in [-0.15, -0.1) is 0 Å². The minimum absolute atomic E-state index is 0.201. The van der Waals surface area contributed by atoms with Crippen molar-refractivity contribution in [2.75, 3.05) is 40.9 Å². The van der Waals surface area contributed by atoms with Crippen molar-refractivity contribution in [3.8, 4) is 0 Å². The minimum Gasteiger partial charge on any atom is -0.756 e. The lowest BCUT2D eigenvalue weighted by Crippen LogP contribution is -2.35. The fourth-order valence-corrected chi connectivity index (χ4v) is 4.77. The summed E-state index contributed by atoms with van der Waals surface area (Å²) in [7, 11) is 2.09. The van der Waals surface area contributed by atoms with E-state index in [0.717, 1.165) is 30.3 Å². The smallest absolute Gasteiger partial charge is 0.267 e. The van der Waals surface area contributed by atoms with E-state index in [1.54, 1.807) is 0 Å². The van der Waals surface area contributed by atoms with Crippen LogP contribution in [0.2, 0.25) is 0 Å². The third-order valence-electron chi connectivity index (χ3n) is 6.13. The molecule has 0 fully saturated rings. The lowest BCUT2D eigenvalue weighted by atomic mass is 10.1. The van der Waals surface area contributed by atoms with Gasteiger partial charge in [-0.25, -0.2) is 0 Å². The Kier molecular flexibility index (Phi) is 23.1. The Balaban J connectivity index is 3.30. The van der Waals surface area contributed by atoms with Crippen molar-refractivity contribution < 1.29 is 23.0 Å². The molecule has 0 aromatic heterocycles. The van der Waals surface area contributed by atoms with Crippen LogP contribution in [-0.2, 0) is 13.6 Å². The first-order chi connectivity index (χ1) is 16.3. The molecule has 0 aromatic carbocycles. The van der Waals surface area contributed by atoms with Crippen LogP contribution in [0, 0.1) is 0 Å². The zero-order chi connectivity index (χ0) is 25.4. The number of allylic oxidation sites excluding steroid dienone is 2. The third kappa shape index (κ3) is 28.1. The van der Waals surface area contributed by atoms with Crippen LogP contribution in [0.3, 0.4) is 0 Å². The topological polar surface area (TPSA) is 58.6 Å². The number of hydrogen-bond donors (Lipinski definition) is 0. The molecule has 6 heteroatoms. The zero-order valence-corrected chi connectivity index (χ0v) is 24.1. The molecule has 5 nitrogen and oxygen atoms in total. The number of unbranched alkanes of at least 4 members (excludes halogenated alkanes) is 16. The Morgan fingerprint density at radius 1 is 0.618 bits per heavy atom. The molecule has 204 valence electrons. The molecule has 0 N–H and O–H groups in total. The lowest BCUT2D eigenvalue weighted by Gasteiger charge is -2.26. The highest BCUT2D eigenvalue weighted by atomic mass is 31.2. The average Bonchev–Trinajstić information content (AvgIpc) is 2.77. The van der Waals surface area contributed by atoms with Gasteiger partial charge in [-0.3, -0.25) is 4.57 Å². The quantitative estimate of drug-likeness (QED) is 0.0517. The summed E-state index contributed by atoms with van der Waals surface area (Å²) in [6, 6.07) is 0. The molecule has 0 radical (unpaired) electrons. The van der Waals surface area contributed by atoms with Gasteiger partial charge in [0.15, 0.2) is 0 Å². The average molecular weight is 504 g/mol. The summed E-state index contributed by atoms with van der Waals surface area (Å²) < 4.78 is 22.4. The van der Waals surface area contributed by atoms with Crippen LogP contribution in [-0.4, -0.2) is 45.4 Å². The number of phosphoric ester groups is 1. The molecule has 0 aromatic rings. The molecule has 0 aliphatic heterocycles. The van der Waals surface area contributed by atoms with Crippen LogP contribution < -0.4 is 4.89 Å². The van der Waals surface area contributed by atoms with Gasteiger partial charge in [0.25, 0.3) is 7.82 Å². The Morgan fingerprint density at radius 2 is 1.00 bits per heavy atom. The molecule has 0 amide bonds. The fraction of sp³-hybridized carbons (Fsp3) is 0.929. The first-order valence-electron chi connectivity index (χ1n) is 14.3. The molecule has 34 heavy (non-hydrogen) atoms. The third-order valence-corrected chi connectivity index (χ3v) is 7.13. The largest absolute Gasteiger partial charge is 0.756 e. The molecule has 0 saturated heterocycles.